The number of ether oxygens (including phenoxy) is 1. The van der Waals surface area contributed by atoms with Crippen molar-refractivity contribution in [3.05, 3.63) is 33.8 Å². The second-order valence-corrected chi connectivity index (χ2v) is 5.33. The topological polar surface area (TPSA) is 39.9 Å². The van der Waals surface area contributed by atoms with E-state index in [1.807, 2.05) is 36.6 Å². The summed E-state index contributed by atoms with van der Waals surface area (Å²) in [7, 11) is 1.63. The van der Waals surface area contributed by atoms with E-state index in [1.165, 1.54) is 0 Å². The molecule has 0 aliphatic heterocycles. The molecule has 0 amide bonds. The molecule has 18 heavy (non-hydrogen) atoms. The van der Waals surface area contributed by atoms with Gasteiger partial charge >= 0.3 is 0 Å². The van der Waals surface area contributed by atoms with E-state index in [2.05, 4.69) is 26.1 Å². The maximum atomic E-state index is 6.10. The Balaban J connectivity index is 2.58. The van der Waals surface area contributed by atoms with E-state index in [9.17, 15) is 0 Å². The van der Waals surface area contributed by atoms with E-state index in [4.69, 9.17) is 16.3 Å². The number of halogens is 2. The first-order chi connectivity index (χ1) is 8.54. The minimum absolute atomic E-state index is 0.236. The Morgan fingerprint density at radius 3 is 2.67 bits per heavy atom. The van der Waals surface area contributed by atoms with Crippen LogP contribution in [0.1, 0.15) is 25.6 Å². The van der Waals surface area contributed by atoms with Crippen LogP contribution in [0.25, 0.3) is 5.69 Å². The van der Waals surface area contributed by atoms with Gasteiger partial charge in [-0.25, -0.2) is 0 Å². The van der Waals surface area contributed by atoms with Crippen LogP contribution in [0.4, 0.5) is 0 Å². The van der Waals surface area contributed by atoms with Gasteiger partial charge in [0.05, 0.1) is 17.3 Å². The molecule has 0 fully saturated rings. The van der Waals surface area contributed by atoms with Crippen molar-refractivity contribution < 1.29 is 4.74 Å². The molecule has 96 valence electrons. The Bertz CT molecular complexity index is 568. The molecule has 6 heteroatoms. The summed E-state index contributed by atoms with van der Waals surface area (Å²) >= 11 is 9.52. The molecular formula is C12H13BrClN3O. The van der Waals surface area contributed by atoms with Crippen molar-refractivity contribution in [3.8, 4) is 11.4 Å². The lowest BCUT2D eigenvalue weighted by molar-refractivity contribution is 0.412. The number of rotatable bonds is 3. The third-order valence-corrected chi connectivity index (χ3v) is 3.46. The highest BCUT2D eigenvalue weighted by molar-refractivity contribution is 9.10. The van der Waals surface area contributed by atoms with Gasteiger partial charge in [0.2, 0.25) is 5.28 Å². The van der Waals surface area contributed by atoms with E-state index in [-0.39, 0.29) is 5.92 Å². The van der Waals surface area contributed by atoms with Crippen LogP contribution in [0.15, 0.2) is 22.7 Å². The molecule has 0 bridgehead atoms. The van der Waals surface area contributed by atoms with Crippen LogP contribution in [0.5, 0.6) is 5.75 Å². The molecule has 0 aliphatic carbocycles. The molecule has 4 nitrogen and oxygen atoms in total. The van der Waals surface area contributed by atoms with E-state index in [0.29, 0.717) is 5.28 Å². The van der Waals surface area contributed by atoms with Crippen LogP contribution in [-0.2, 0) is 0 Å². The average Bonchev–Trinajstić information content (AvgIpc) is 2.72. The molecule has 1 heterocycles. The summed E-state index contributed by atoms with van der Waals surface area (Å²) < 4.78 is 7.99. The predicted octanol–water partition coefficient (Wildman–Crippen LogP) is 3.82. The van der Waals surface area contributed by atoms with Crippen LogP contribution < -0.4 is 4.74 Å². The van der Waals surface area contributed by atoms with Crippen LogP contribution in [0, 0.1) is 0 Å². The third kappa shape index (κ3) is 2.37. The SMILES string of the molecule is COc1cc(-n2c(Cl)nnc2C(C)C)ccc1Br. The van der Waals surface area contributed by atoms with Crippen LogP contribution >= 0.6 is 27.5 Å². The van der Waals surface area contributed by atoms with Gasteiger partial charge in [-0.2, -0.15) is 0 Å². The van der Waals surface area contributed by atoms with Crippen molar-refractivity contribution in [1.82, 2.24) is 14.8 Å². The molecule has 0 N–H and O–H groups in total. The van der Waals surface area contributed by atoms with Gasteiger partial charge in [-0.3, -0.25) is 4.57 Å². The number of benzene rings is 1. The average molecular weight is 331 g/mol. The lowest BCUT2D eigenvalue weighted by atomic mass is 10.2. The van der Waals surface area contributed by atoms with Gasteiger partial charge in [-0.05, 0) is 39.7 Å². The number of hydrogen-bond donors (Lipinski definition) is 0. The number of nitrogens with zero attached hydrogens (tertiary/aromatic N) is 3. The van der Waals surface area contributed by atoms with Crippen molar-refractivity contribution >= 4 is 27.5 Å². The smallest absolute Gasteiger partial charge is 0.229 e. The van der Waals surface area contributed by atoms with Crippen molar-refractivity contribution in [2.75, 3.05) is 7.11 Å². The molecule has 2 rings (SSSR count). The molecule has 2 aromatic rings. The van der Waals surface area contributed by atoms with Crippen LogP contribution in [0.2, 0.25) is 5.28 Å². The molecule has 1 aromatic heterocycles. The Hall–Kier alpha value is -1.07. The van der Waals surface area contributed by atoms with Crippen molar-refractivity contribution in [3.63, 3.8) is 0 Å². The van der Waals surface area contributed by atoms with E-state index in [0.717, 1.165) is 21.7 Å². The zero-order chi connectivity index (χ0) is 13.3. The van der Waals surface area contributed by atoms with Gasteiger partial charge in [0.25, 0.3) is 0 Å². The Morgan fingerprint density at radius 2 is 2.06 bits per heavy atom. The number of hydrogen-bond acceptors (Lipinski definition) is 3. The molecule has 0 unspecified atom stereocenters. The van der Waals surface area contributed by atoms with Gasteiger partial charge in [-0.1, -0.05) is 13.8 Å². The molecule has 0 aliphatic rings. The zero-order valence-electron chi connectivity index (χ0n) is 10.3. The first-order valence-electron chi connectivity index (χ1n) is 5.49. The van der Waals surface area contributed by atoms with E-state index < -0.39 is 0 Å². The van der Waals surface area contributed by atoms with E-state index >= 15 is 0 Å². The fourth-order valence-electron chi connectivity index (χ4n) is 1.68. The fraction of sp³-hybridized carbons (Fsp3) is 0.333. The Labute approximate surface area is 119 Å². The van der Waals surface area contributed by atoms with Crippen LogP contribution in [-0.4, -0.2) is 21.9 Å². The van der Waals surface area contributed by atoms with Gasteiger partial charge < -0.3 is 4.74 Å². The summed E-state index contributed by atoms with van der Waals surface area (Å²) in [5, 5.41) is 8.37. The lowest BCUT2D eigenvalue weighted by Crippen LogP contribution is -2.03. The summed E-state index contributed by atoms with van der Waals surface area (Å²) in [6.07, 6.45) is 0. The summed E-state index contributed by atoms with van der Waals surface area (Å²) in [5.41, 5.74) is 0.883. The maximum absolute atomic E-state index is 6.10. The van der Waals surface area contributed by atoms with Crippen molar-refractivity contribution in [2.24, 2.45) is 0 Å². The molecule has 0 spiro atoms. The van der Waals surface area contributed by atoms with Crippen molar-refractivity contribution in [1.29, 1.82) is 0 Å². The zero-order valence-corrected chi connectivity index (χ0v) is 12.7. The minimum Gasteiger partial charge on any atom is -0.495 e. The minimum atomic E-state index is 0.236. The molecule has 0 atom stereocenters. The first kappa shape index (κ1) is 13.4. The van der Waals surface area contributed by atoms with E-state index in [1.54, 1.807) is 7.11 Å². The third-order valence-electron chi connectivity index (χ3n) is 2.56. The molecule has 0 saturated heterocycles. The monoisotopic (exact) mass is 329 g/mol. The first-order valence-corrected chi connectivity index (χ1v) is 6.66. The fourth-order valence-corrected chi connectivity index (χ4v) is 2.31. The summed E-state index contributed by atoms with van der Waals surface area (Å²) in [4.78, 5) is 0. The van der Waals surface area contributed by atoms with Gasteiger partial charge in [0, 0.05) is 12.0 Å². The molecule has 0 radical (unpaired) electrons. The largest absolute Gasteiger partial charge is 0.495 e. The second-order valence-electron chi connectivity index (χ2n) is 4.14. The highest BCUT2D eigenvalue weighted by Gasteiger charge is 2.16. The number of methoxy groups -OCH3 is 1. The molecule has 1 aromatic carbocycles. The molecule has 0 saturated carbocycles. The van der Waals surface area contributed by atoms with Crippen molar-refractivity contribution in [2.45, 2.75) is 19.8 Å². The summed E-state index contributed by atoms with van der Waals surface area (Å²) in [6.45, 7) is 4.10. The van der Waals surface area contributed by atoms with Gasteiger partial charge in [0.15, 0.2) is 0 Å². The summed E-state index contributed by atoms with van der Waals surface area (Å²) in [5.74, 6) is 1.80. The predicted molar refractivity (Wildman–Crippen MR) is 74.7 cm³/mol. The van der Waals surface area contributed by atoms with Crippen LogP contribution in [0.3, 0.4) is 0 Å². The highest BCUT2D eigenvalue weighted by Crippen LogP contribution is 2.30. The van der Waals surface area contributed by atoms with Gasteiger partial charge in [0.1, 0.15) is 11.6 Å². The molecular weight excluding hydrogens is 318 g/mol. The second kappa shape index (κ2) is 5.28. The lowest BCUT2D eigenvalue weighted by Gasteiger charge is -2.12. The summed E-state index contributed by atoms with van der Waals surface area (Å²) in [6, 6.07) is 5.74. The van der Waals surface area contributed by atoms with Gasteiger partial charge in [-0.15, -0.1) is 10.2 Å². The normalized spacial score (nSPS) is 11.0. The Kier molecular flexibility index (Phi) is 3.92. The quantitative estimate of drug-likeness (QED) is 0.859. The maximum Gasteiger partial charge on any atom is 0.229 e. The highest BCUT2D eigenvalue weighted by atomic mass is 79.9. The standard InChI is InChI=1S/C12H13BrClN3O/c1-7(2)11-15-16-12(14)17(11)8-4-5-9(13)10(6-8)18-3/h4-7H,1-3H3. The number of aromatic nitrogens is 3. The Morgan fingerprint density at radius 1 is 1.33 bits per heavy atom.